The predicted molar refractivity (Wildman–Crippen MR) is 62.8 cm³/mol. The molecular weight excluding hydrogens is 238 g/mol. The normalized spacial score (nSPS) is 43.9. The molecule has 0 aromatic rings. The second-order valence-electron chi connectivity index (χ2n) is 5.71. The molecule has 1 aliphatic heterocycles. The Labute approximate surface area is 95.4 Å². The number of hydrogen-bond acceptors (Lipinski definition) is 1. The van der Waals surface area contributed by atoms with Gasteiger partial charge in [0.2, 0.25) is 0 Å². The Morgan fingerprint density at radius 2 is 2.07 bits per heavy atom. The molecule has 0 bridgehead atoms. The molecule has 0 aromatic carbocycles. The molecule has 3 fully saturated rings. The SMILES string of the molecule is BrCC1CCC2(CCN(C3CC3)C2)C1. The minimum absolute atomic E-state index is 0.751. The number of rotatable bonds is 2. The average molecular weight is 258 g/mol. The Balaban J connectivity index is 1.63. The van der Waals surface area contributed by atoms with Gasteiger partial charge in [0, 0.05) is 17.9 Å². The summed E-state index contributed by atoms with van der Waals surface area (Å²) in [5.41, 5.74) is 0.751. The highest BCUT2D eigenvalue weighted by atomic mass is 79.9. The van der Waals surface area contributed by atoms with Gasteiger partial charge in [-0.3, -0.25) is 4.90 Å². The summed E-state index contributed by atoms with van der Waals surface area (Å²) in [6.45, 7) is 2.83. The van der Waals surface area contributed by atoms with Crippen molar-refractivity contribution < 1.29 is 0 Å². The topological polar surface area (TPSA) is 3.24 Å². The smallest absolute Gasteiger partial charge is 0.00966 e. The Morgan fingerprint density at radius 1 is 1.21 bits per heavy atom. The molecule has 0 aromatic heterocycles. The largest absolute Gasteiger partial charge is 0.300 e. The fraction of sp³-hybridized carbons (Fsp3) is 1.00. The van der Waals surface area contributed by atoms with Crippen molar-refractivity contribution in [3.05, 3.63) is 0 Å². The third kappa shape index (κ3) is 1.65. The molecule has 1 saturated heterocycles. The van der Waals surface area contributed by atoms with Gasteiger partial charge in [-0.25, -0.2) is 0 Å². The van der Waals surface area contributed by atoms with Crippen LogP contribution in [-0.2, 0) is 0 Å². The molecule has 2 heteroatoms. The third-order valence-corrected chi connectivity index (χ3v) is 5.47. The molecule has 14 heavy (non-hydrogen) atoms. The standard InChI is InChI=1S/C12H20BrN/c13-8-10-3-4-12(7-10)5-6-14(9-12)11-1-2-11/h10-11H,1-9H2. The van der Waals surface area contributed by atoms with Gasteiger partial charge in [0.1, 0.15) is 0 Å². The van der Waals surface area contributed by atoms with Crippen molar-refractivity contribution in [3.63, 3.8) is 0 Å². The lowest BCUT2D eigenvalue weighted by Crippen LogP contribution is -2.27. The lowest BCUT2D eigenvalue weighted by Gasteiger charge is -2.24. The second kappa shape index (κ2) is 3.48. The van der Waals surface area contributed by atoms with Crippen LogP contribution in [0.5, 0.6) is 0 Å². The first-order valence-corrected chi connectivity index (χ1v) is 7.23. The van der Waals surface area contributed by atoms with Crippen LogP contribution in [0.1, 0.15) is 38.5 Å². The van der Waals surface area contributed by atoms with Crippen LogP contribution in [-0.4, -0.2) is 29.4 Å². The molecule has 3 rings (SSSR count). The van der Waals surface area contributed by atoms with E-state index in [4.69, 9.17) is 0 Å². The quantitative estimate of drug-likeness (QED) is 0.688. The Hall–Kier alpha value is 0.440. The average Bonchev–Trinajstić information content (AvgIpc) is 2.87. The number of hydrogen-bond donors (Lipinski definition) is 0. The molecule has 80 valence electrons. The summed E-state index contributed by atoms with van der Waals surface area (Å²) in [6, 6.07) is 0.998. The summed E-state index contributed by atoms with van der Waals surface area (Å²) in [4.78, 5) is 2.77. The van der Waals surface area contributed by atoms with Crippen LogP contribution in [0.2, 0.25) is 0 Å². The maximum atomic E-state index is 3.65. The highest BCUT2D eigenvalue weighted by molar-refractivity contribution is 9.09. The lowest BCUT2D eigenvalue weighted by molar-refractivity contribution is 0.250. The fourth-order valence-electron chi connectivity index (χ4n) is 3.55. The first-order chi connectivity index (χ1) is 6.81. The summed E-state index contributed by atoms with van der Waals surface area (Å²) >= 11 is 3.65. The van der Waals surface area contributed by atoms with Crippen LogP contribution in [0, 0.1) is 11.3 Å². The van der Waals surface area contributed by atoms with Gasteiger partial charge < -0.3 is 0 Å². The maximum absolute atomic E-state index is 3.65. The minimum atomic E-state index is 0.751. The van der Waals surface area contributed by atoms with Crippen molar-refractivity contribution in [2.75, 3.05) is 18.4 Å². The van der Waals surface area contributed by atoms with Crippen molar-refractivity contribution in [2.24, 2.45) is 11.3 Å². The predicted octanol–water partition coefficient (Wildman–Crippen LogP) is 3.04. The van der Waals surface area contributed by atoms with E-state index in [9.17, 15) is 0 Å². The number of halogens is 1. The summed E-state index contributed by atoms with van der Waals surface area (Å²) in [7, 11) is 0. The van der Waals surface area contributed by atoms with Gasteiger partial charge in [-0.05, 0) is 56.4 Å². The van der Waals surface area contributed by atoms with Crippen LogP contribution in [0.3, 0.4) is 0 Å². The summed E-state index contributed by atoms with van der Waals surface area (Å²) < 4.78 is 0. The van der Waals surface area contributed by atoms with Gasteiger partial charge in [-0.2, -0.15) is 0 Å². The highest BCUT2D eigenvalue weighted by Gasteiger charge is 2.46. The molecule has 2 saturated carbocycles. The molecule has 0 radical (unpaired) electrons. The maximum Gasteiger partial charge on any atom is 0.00966 e. The molecule has 0 amide bonds. The van der Waals surface area contributed by atoms with E-state index in [1.54, 1.807) is 0 Å². The third-order valence-electron chi connectivity index (χ3n) is 4.55. The molecule has 2 aliphatic carbocycles. The zero-order valence-electron chi connectivity index (χ0n) is 8.84. The first-order valence-electron chi connectivity index (χ1n) is 6.11. The molecule has 1 nitrogen and oxygen atoms in total. The molecule has 1 spiro atoms. The van der Waals surface area contributed by atoms with Crippen molar-refractivity contribution in [1.82, 2.24) is 4.90 Å². The van der Waals surface area contributed by atoms with Gasteiger partial charge in [0.25, 0.3) is 0 Å². The van der Waals surface area contributed by atoms with E-state index in [-0.39, 0.29) is 0 Å². The number of nitrogens with zero attached hydrogens (tertiary/aromatic N) is 1. The van der Waals surface area contributed by atoms with Gasteiger partial charge in [-0.15, -0.1) is 0 Å². The van der Waals surface area contributed by atoms with E-state index in [0.717, 1.165) is 17.4 Å². The van der Waals surface area contributed by atoms with E-state index < -0.39 is 0 Å². The summed E-state index contributed by atoms with van der Waals surface area (Å²) in [5.74, 6) is 0.981. The van der Waals surface area contributed by atoms with Gasteiger partial charge in [0.05, 0.1) is 0 Å². The minimum Gasteiger partial charge on any atom is -0.300 e. The second-order valence-corrected chi connectivity index (χ2v) is 6.36. The van der Waals surface area contributed by atoms with Gasteiger partial charge >= 0.3 is 0 Å². The molecule has 1 heterocycles. The van der Waals surface area contributed by atoms with Crippen LogP contribution < -0.4 is 0 Å². The fourth-order valence-corrected chi connectivity index (χ4v) is 4.10. The van der Waals surface area contributed by atoms with E-state index in [2.05, 4.69) is 20.8 Å². The Morgan fingerprint density at radius 3 is 2.71 bits per heavy atom. The van der Waals surface area contributed by atoms with Crippen LogP contribution in [0.25, 0.3) is 0 Å². The van der Waals surface area contributed by atoms with Crippen molar-refractivity contribution in [3.8, 4) is 0 Å². The van der Waals surface area contributed by atoms with E-state index in [1.165, 1.54) is 56.9 Å². The lowest BCUT2D eigenvalue weighted by atomic mass is 9.85. The molecule has 2 unspecified atom stereocenters. The molecular formula is C12H20BrN. The molecule has 2 atom stereocenters. The molecule has 3 aliphatic rings. The van der Waals surface area contributed by atoms with Crippen molar-refractivity contribution in [1.29, 1.82) is 0 Å². The van der Waals surface area contributed by atoms with Crippen LogP contribution in [0.15, 0.2) is 0 Å². The Bertz CT molecular complexity index is 226. The highest BCUT2D eigenvalue weighted by Crippen LogP contribution is 2.50. The first kappa shape index (κ1) is 9.65. The monoisotopic (exact) mass is 257 g/mol. The summed E-state index contributed by atoms with van der Waals surface area (Å²) in [6.07, 6.45) is 8.95. The Kier molecular flexibility index (Phi) is 2.40. The van der Waals surface area contributed by atoms with Gasteiger partial charge in [-0.1, -0.05) is 15.9 Å². The zero-order valence-corrected chi connectivity index (χ0v) is 10.4. The molecule has 0 N–H and O–H groups in total. The van der Waals surface area contributed by atoms with Crippen LogP contribution >= 0.6 is 15.9 Å². The van der Waals surface area contributed by atoms with Gasteiger partial charge in [0.15, 0.2) is 0 Å². The zero-order chi connectivity index (χ0) is 9.60. The van der Waals surface area contributed by atoms with Crippen molar-refractivity contribution in [2.45, 2.75) is 44.6 Å². The number of likely N-dealkylation sites (tertiary alicyclic amines) is 1. The number of alkyl halides is 1. The van der Waals surface area contributed by atoms with Crippen LogP contribution in [0.4, 0.5) is 0 Å². The van der Waals surface area contributed by atoms with E-state index in [1.807, 2.05) is 0 Å². The van der Waals surface area contributed by atoms with E-state index in [0.29, 0.717) is 0 Å². The van der Waals surface area contributed by atoms with E-state index >= 15 is 0 Å². The summed E-state index contributed by atoms with van der Waals surface area (Å²) in [5, 5.41) is 1.23. The van der Waals surface area contributed by atoms with Crippen molar-refractivity contribution >= 4 is 15.9 Å².